The van der Waals surface area contributed by atoms with E-state index in [1.54, 1.807) is 6.07 Å². The Labute approximate surface area is 152 Å². The minimum Gasteiger partial charge on any atom is -0.342 e. The van der Waals surface area contributed by atoms with Gasteiger partial charge in [0.1, 0.15) is 0 Å². The summed E-state index contributed by atoms with van der Waals surface area (Å²) in [6.07, 6.45) is 1.03. The first kappa shape index (κ1) is 17.6. The number of hydrogen-bond donors (Lipinski definition) is 1. The molecule has 1 N–H and O–H groups in total. The Morgan fingerprint density at radius 2 is 1.76 bits per heavy atom. The third kappa shape index (κ3) is 5.14. The van der Waals surface area contributed by atoms with E-state index in [0.29, 0.717) is 4.88 Å². The summed E-state index contributed by atoms with van der Waals surface area (Å²) in [5.74, 6) is -0.183. The summed E-state index contributed by atoms with van der Waals surface area (Å²) in [6, 6.07) is 14.1. The average Bonchev–Trinajstić information content (AvgIpc) is 3.20. The Hall–Kier alpha value is -2.18. The van der Waals surface area contributed by atoms with Crippen LogP contribution in [-0.4, -0.2) is 60.9 Å². The minimum absolute atomic E-state index is 0.00684. The molecule has 1 aromatic heterocycles. The summed E-state index contributed by atoms with van der Waals surface area (Å²) in [4.78, 5) is 29.0. The molecule has 5 nitrogen and oxygen atoms in total. The van der Waals surface area contributed by atoms with E-state index < -0.39 is 0 Å². The summed E-state index contributed by atoms with van der Waals surface area (Å²) < 4.78 is 0. The Morgan fingerprint density at radius 1 is 1.00 bits per heavy atom. The van der Waals surface area contributed by atoms with Gasteiger partial charge in [0.05, 0.1) is 11.4 Å². The molecule has 2 aromatic rings. The predicted molar refractivity (Wildman–Crippen MR) is 99.8 cm³/mol. The van der Waals surface area contributed by atoms with Crippen LogP contribution in [0.3, 0.4) is 0 Å². The fourth-order valence-corrected chi connectivity index (χ4v) is 3.56. The minimum atomic E-state index is -0.176. The average molecular weight is 357 g/mol. The lowest BCUT2D eigenvalue weighted by Gasteiger charge is -2.34. The highest BCUT2D eigenvalue weighted by atomic mass is 32.1. The summed E-state index contributed by atoms with van der Waals surface area (Å²) in [7, 11) is 0. The van der Waals surface area contributed by atoms with E-state index in [1.165, 1.54) is 16.9 Å². The number of carbonyl (C=O) groups excluding carboxylic acids is 2. The molecule has 0 unspecified atom stereocenters. The van der Waals surface area contributed by atoms with Crippen molar-refractivity contribution in [2.45, 2.75) is 6.42 Å². The van der Waals surface area contributed by atoms with Crippen molar-refractivity contribution in [3.63, 3.8) is 0 Å². The van der Waals surface area contributed by atoms with E-state index in [1.807, 2.05) is 22.4 Å². The molecule has 2 heterocycles. The molecule has 3 rings (SSSR count). The molecule has 6 heteroatoms. The highest BCUT2D eigenvalue weighted by Crippen LogP contribution is 2.08. The molecule has 0 radical (unpaired) electrons. The highest BCUT2D eigenvalue weighted by Gasteiger charge is 2.21. The number of piperazine rings is 1. The van der Waals surface area contributed by atoms with Crippen molar-refractivity contribution in [1.29, 1.82) is 0 Å². The van der Waals surface area contributed by atoms with Gasteiger partial charge in [0.25, 0.3) is 5.91 Å². The molecule has 0 spiro atoms. The van der Waals surface area contributed by atoms with Gasteiger partial charge in [-0.15, -0.1) is 11.3 Å². The molecule has 1 aliphatic rings. The van der Waals surface area contributed by atoms with Gasteiger partial charge in [0.15, 0.2) is 0 Å². The van der Waals surface area contributed by atoms with Crippen molar-refractivity contribution >= 4 is 23.2 Å². The SMILES string of the molecule is O=C(NCC(=O)N1CCN(CCc2ccccc2)CC1)c1cccs1. The quantitative estimate of drug-likeness (QED) is 0.859. The van der Waals surface area contributed by atoms with Gasteiger partial charge in [-0.2, -0.15) is 0 Å². The second-order valence-electron chi connectivity index (χ2n) is 6.12. The van der Waals surface area contributed by atoms with E-state index in [-0.39, 0.29) is 18.4 Å². The summed E-state index contributed by atoms with van der Waals surface area (Å²) >= 11 is 1.38. The number of benzene rings is 1. The Balaban J connectivity index is 1.36. The first-order chi connectivity index (χ1) is 12.2. The highest BCUT2D eigenvalue weighted by molar-refractivity contribution is 7.12. The van der Waals surface area contributed by atoms with Crippen LogP contribution in [0.25, 0.3) is 0 Å². The number of carbonyl (C=O) groups is 2. The van der Waals surface area contributed by atoms with Crippen LogP contribution >= 0.6 is 11.3 Å². The van der Waals surface area contributed by atoms with Crippen LogP contribution in [0.15, 0.2) is 47.8 Å². The lowest BCUT2D eigenvalue weighted by molar-refractivity contribution is -0.131. The van der Waals surface area contributed by atoms with Crippen LogP contribution in [-0.2, 0) is 11.2 Å². The lowest BCUT2D eigenvalue weighted by Crippen LogP contribution is -2.51. The van der Waals surface area contributed by atoms with Gasteiger partial charge in [0, 0.05) is 32.7 Å². The summed E-state index contributed by atoms with van der Waals surface area (Å²) in [5, 5.41) is 4.56. The molecule has 1 aromatic carbocycles. The number of amides is 2. The lowest BCUT2D eigenvalue weighted by atomic mass is 10.1. The molecule has 0 atom stereocenters. The van der Waals surface area contributed by atoms with E-state index in [9.17, 15) is 9.59 Å². The van der Waals surface area contributed by atoms with Gasteiger partial charge in [-0.3, -0.25) is 14.5 Å². The monoisotopic (exact) mass is 357 g/mol. The van der Waals surface area contributed by atoms with E-state index in [0.717, 1.165) is 39.1 Å². The first-order valence-electron chi connectivity index (χ1n) is 8.58. The van der Waals surface area contributed by atoms with Gasteiger partial charge in [0.2, 0.25) is 5.91 Å². The van der Waals surface area contributed by atoms with Crippen LogP contribution in [0, 0.1) is 0 Å². The third-order valence-electron chi connectivity index (χ3n) is 4.43. The first-order valence-corrected chi connectivity index (χ1v) is 9.46. The predicted octanol–water partition coefficient (Wildman–Crippen LogP) is 1.86. The van der Waals surface area contributed by atoms with Crippen LogP contribution in [0.1, 0.15) is 15.2 Å². The number of thiophene rings is 1. The molecule has 1 saturated heterocycles. The molecule has 2 amide bonds. The zero-order valence-corrected chi connectivity index (χ0v) is 15.0. The van der Waals surface area contributed by atoms with E-state index in [2.05, 4.69) is 34.5 Å². The maximum Gasteiger partial charge on any atom is 0.261 e. The van der Waals surface area contributed by atoms with Crippen molar-refractivity contribution < 1.29 is 9.59 Å². The summed E-state index contributed by atoms with van der Waals surface area (Å²) in [6.45, 7) is 4.31. The van der Waals surface area contributed by atoms with E-state index >= 15 is 0 Å². The maximum atomic E-state index is 12.3. The van der Waals surface area contributed by atoms with Gasteiger partial charge < -0.3 is 10.2 Å². The smallest absolute Gasteiger partial charge is 0.261 e. The second kappa shape index (κ2) is 8.78. The number of rotatable bonds is 6. The standard InChI is InChI=1S/C19H23N3O2S/c23-18(15-20-19(24)17-7-4-14-25-17)22-12-10-21(11-13-22)9-8-16-5-2-1-3-6-16/h1-7,14H,8-13,15H2,(H,20,24). The molecular weight excluding hydrogens is 334 g/mol. The van der Waals surface area contributed by atoms with Crippen LogP contribution < -0.4 is 5.32 Å². The van der Waals surface area contributed by atoms with Gasteiger partial charge in [-0.1, -0.05) is 36.4 Å². The number of nitrogens with zero attached hydrogens (tertiary/aromatic N) is 2. The normalized spacial score (nSPS) is 15.1. The molecule has 1 aliphatic heterocycles. The van der Waals surface area contributed by atoms with Crippen LogP contribution in [0.4, 0.5) is 0 Å². The molecular formula is C19H23N3O2S. The van der Waals surface area contributed by atoms with E-state index in [4.69, 9.17) is 0 Å². The zero-order valence-electron chi connectivity index (χ0n) is 14.2. The maximum absolute atomic E-state index is 12.3. The van der Waals surface area contributed by atoms with Crippen molar-refractivity contribution in [1.82, 2.24) is 15.1 Å². The molecule has 0 aliphatic carbocycles. The number of hydrogen-bond acceptors (Lipinski definition) is 4. The zero-order chi connectivity index (χ0) is 17.5. The molecule has 0 saturated carbocycles. The van der Waals surface area contributed by atoms with Crippen LogP contribution in [0.5, 0.6) is 0 Å². The van der Waals surface area contributed by atoms with Gasteiger partial charge >= 0.3 is 0 Å². The fraction of sp³-hybridized carbons (Fsp3) is 0.368. The largest absolute Gasteiger partial charge is 0.342 e. The van der Waals surface area contributed by atoms with Crippen molar-refractivity contribution in [3.05, 3.63) is 58.3 Å². The Bertz CT molecular complexity index is 680. The molecule has 0 bridgehead atoms. The molecule has 25 heavy (non-hydrogen) atoms. The number of nitrogens with one attached hydrogen (secondary N) is 1. The second-order valence-corrected chi connectivity index (χ2v) is 7.07. The van der Waals surface area contributed by atoms with Crippen LogP contribution in [0.2, 0.25) is 0 Å². The molecule has 1 fully saturated rings. The fourth-order valence-electron chi connectivity index (χ4n) is 2.92. The molecule has 132 valence electrons. The van der Waals surface area contributed by atoms with Crippen molar-refractivity contribution in [2.75, 3.05) is 39.3 Å². The van der Waals surface area contributed by atoms with Gasteiger partial charge in [-0.05, 0) is 23.4 Å². The third-order valence-corrected chi connectivity index (χ3v) is 5.30. The van der Waals surface area contributed by atoms with Crippen molar-refractivity contribution in [2.24, 2.45) is 0 Å². The summed E-state index contributed by atoms with van der Waals surface area (Å²) in [5.41, 5.74) is 1.34. The topological polar surface area (TPSA) is 52.7 Å². The Morgan fingerprint density at radius 3 is 2.44 bits per heavy atom. The van der Waals surface area contributed by atoms with Gasteiger partial charge in [-0.25, -0.2) is 0 Å². The van der Waals surface area contributed by atoms with Crippen molar-refractivity contribution in [3.8, 4) is 0 Å². The Kier molecular flexibility index (Phi) is 6.19.